The largest absolute Gasteiger partial charge is 0.497 e. The van der Waals surface area contributed by atoms with Crippen LogP contribution in [0.5, 0.6) is 5.75 Å². The average Bonchev–Trinajstić information content (AvgIpc) is 2.70. The van der Waals surface area contributed by atoms with Crippen LogP contribution in [0.3, 0.4) is 0 Å². The van der Waals surface area contributed by atoms with Gasteiger partial charge in [0, 0.05) is 26.2 Å². The summed E-state index contributed by atoms with van der Waals surface area (Å²) in [7, 11) is 3.15. The summed E-state index contributed by atoms with van der Waals surface area (Å²) in [6.45, 7) is 5.36. The Kier molecular flexibility index (Phi) is 8.25. The van der Waals surface area contributed by atoms with E-state index in [1.807, 2.05) is 12.1 Å². The number of esters is 1. The Bertz CT molecular complexity index is 596. The van der Waals surface area contributed by atoms with E-state index in [0.29, 0.717) is 0 Å². The standard InChI is InChI=1S/C20H31N3O3/c1-4-21-20(23-13-10-17(11-14-23)19(24)26-3)22-12-6-8-16-7-5-9-18(15-16)25-2/h5,7,9,15,17H,4,6,8,10-14H2,1-3H3,(H,21,22). The molecule has 0 spiro atoms. The van der Waals surface area contributed by atoms with Crippen LogP contribution in [0.25, 0.3) is 0 Å². The monoisotopic (exact) mass is 361 g/mol. The number of ether oxygens (including phenoxy) is 2. The molecule has 1 aliphatic rings. The zero-order valence-electron chi connectivity index (χ0n) is 16.2. The van der Waals surface area contributed by atoms with Gasteiger partial charge in [0.25, 0.3) is 0 Å². The fourth-order valence-corrected chi connectivity index (χ4v) is 3.22. The zero-order valence-corrected chi connectivity index (χ0v) is 16.2. The molecule has 26 heavy (non-hydrogen) atoms. The van der Waals surface area contributed by atoms with Crippen molar-refractivity contribution in [3.05, 3.63) is 29.8 Å². The number of rotatable bonds is 7. The first-order chi connectivity index (χ1) is 12.7. The lowest BCUT2D eigenvalue weighted by atomic mass is 9.97. The molecule has 0 bridgehead atoms. The quantitative estimate of drug-likeness (QED) is 0.350. The summed E-state index contributed by atoms with van der Waals surface area (Å²) in [6.07, 6.45) is 3.60. The van der Waals surface area contributed by atoms with Gasteiger partial charge in [0.1, 0.15) is 5.75 Å². The number of aliphatic imine (C=N–C) groups is 1. The van der Waals surface area contributed by atoms with Crippen molar-refractivity contribution in [2.24, 2.45) is 10.9 Å². The van der Waals surface area contributed by atoms with E-state index in [9.17, 15) is 4.79 Å². The van der Waals surface area contributed by atoms with Gasteiger partial charge in [-0.25, -0.2) is 0 Å². The molecule has 1 saturated heterocycles. The van der Waals surface area contributed by atoms with Gasteiger partial charge in [0.05, 0.1) is 20.1 Å². The number of piperidine rings is 1. The highest BCUT2D eigenvalue weighted by molar-refractivity contribution is 5.80. The second kappa shape index (κ2) is 10.7. The lowest BCUT2D eigenvalue weighted by molar-refractivity contribution is -0.146. The van der Waals surface area contributed by atoms with Gasteiger partial charge in [-0.05, 0) is 50.3 Å². The SMILES string of the molecule is CCNC(=NCCCc1cccc(OC)c1)N1CCC(C(=O)OC)CC1. The fraction of sp³-hybridized carbons (Fsp3) is 0.600. The Morgan fingerprint density at radius 3 is 2.73 bits per heavy atom. The van der Waals surface area contributed by atoms with Crippen LogP contribution in [0.4, 0.5) is 0 Å². The molecule has 1 aromatic rings. The highest BCUT2D eigenvalue weighted by Crippen LogP contribution is 2.18. The highest BCUT2D eigenvalue weighted by atomic mass is 16.5. The Hall–Kier alpha value is -2.24. The summed E-state index contributed by atoms with van der Waals surface area (Å²) in [5, 5.41) is 3.37. The highest BCUT2D eigenvalue weighted by Gasteiger charge is 2.26. The Morgan fingerprint density at radius 2 is 2.08 bits per heavy atom. The van der Waals surface area contributed by atoms with Crippen molar-refractivity contribution < 1.29 is 14.3 Å². The number of aryl methyl sites for hydroxylation is 1. The second-order valence-electron chi connectivity index (χ2n) is 6.48. The first kappa shape index (κ1) is 20.1. The van der Waals surface area contributed by atoms with Crippen molar-refractivity contribution in [2.75, 3.05) is 40.4 Å². The average molecular weight is 361 g/mol. The third kappa shape index (κ3) is 5.93. The van der Waals surface area contributed by atoms with E-state index in [2.05, 4.69) is 29.3 Å². The van der Waals surface area contributed by atoms with Crippen LogP contribution >= 0.6 is 0 Å². The molecule has 1 N–H and O–H groups in total. The minimum Gasteiger partial charge on any atom is -0.497 e. The van der Waals surface area contributed by atoms with E-state index >= 15 is 0 Å². The number of likely N-dealkylation sites (tertiary alicyclic amines) is 1. The van der Waals surface area contributed by atoms with Crippen molar-refractivity contribution in [3.8, 4) is 5.75 Å². The van der Waals surface area contributed by atoms with E-state index in [-0.39, 0.29) is 11.9 Å². The molecule has 1 aromatic carbocycles. The minimum atomic E-state index is -0.0927. The summed E-state index contributed by atoms with van der Waals surface area (Å²) in [6, 6.07) is 8.18. The molecule has 0 radical (unpaired) electrons. The van der Waals surface area contributed by atoms with E-state index in [4.69, 9.17) is 14.5 Å². The lowest BCUT2D eigenvalue weighted by Crippen LogP contribution is -2.46. The number of benzene rings is 1. The first-order valence-electron chi connectivity index (χ1n) is 9.42. The molecular weight excluding hydrogens is 330 g/mol. The number of nitrogens with zero attached hydrogens (tertiary/aromatic N) is 2. The summed E-state index contributed by atoms with van der Waals surface area (Å²) >= 11 is 0. The van der Waals surface area contributed by atoms with Crippen LogP contribution < -0.4 is 10.1 Å². The smallest absolute Gasteiger partial charge is 0.308 e. The Morgan fingerprint density at radius 1 is 1.31 bits per heavy atom. The predicted molar refractivity (Wildman–Crippen MR) is 104 cm³/mol. The predicted octanol–water partition coefficient (Wildman–Crippen LogP) is 2.48. The molecule has 0 amide bonds. The van der Waals surface area contributed by atoms with E-state index in [1.54, 1.807) is 7.11 Å². The van der Waals surface area contributed by atoms with Crippen molar-refractivity contribution in [3.63, 3.8) is 0 Å². The van der Waals surface area contributed by atoms with Crippen molar-refractivity contribution >= 4 is 11.9 Å². The molecule has 0 aromatic heterocycles. The van der Waals surface area contributed by atoms with Crippen LogP contribution in [-0.4, -0.2) is 57.2 Å². The summed E-state index contributed by atoms with van der Waals surface area (Å²) < 4.78 is 10.1. The molecule has 0 saturated carbocycles. The Labute approximate surface area is 156 Å². The van der Waals surface area contributed by atoms with Crippen molar-refractivity contribution in [1.82, 2.24) is 10.2 Å². The number of hydrogen-bond acceptors (Lipinski definition) is 4. The fourth-order valence-electron chi connectivity index (χ4n) is 3.22. The number of carbonyl (C=O) groups excluding carboxylic acids is 1. The topological polar surface area (TPSA) is 63.2 Å². The Balaban J connectivity index is 1.83. The molecule has 2 rings (SSSR count). The maximum Gasteiger partial charge on any atom is 0.308 e. The molecular formula is C20H31N3O3. The van der Waals surface area contributed by atoms with Crippen LogP contribution in [-0.2, 0) is 16.0 Å². The molecule has 6 nitrogen and oxygen atoms in total. The second-order valence-corrected chi connectivity index (χ2v) is 6.48. The third-order valence-corrected chi connectivity index (χ3v) is 4.68. The van der Waals surface area contributed by atoms with Crippen molar-refractivity contribution in [2.45, 2.75) is 32.6 Å². The van der Waals surface area contributed by atoms with Gasteiger partial charge >= 0.3 is 5.97 Å². The summed E-state index contributed by atoms with van der Waals surface area (Å²) in [4.78, 5) is 18.7. The number of carbonyl (C=O) groups is 1. The van der Waals surface area contributed by atoms with Crippen LogP contribution in [0.1, 0.15) is 31.7 Å². The summed E-state index contributed by atoms with van der Waals surface area (Å²) in [5.74, 6) is 1.77. The van der Waals surface area contributed by atoms with Gasteiger partial charge in [-0.1, -0.05) is 12.1 Å². The molecule has 1 fully saturated rings. The van der Waals surface area contributed by atoms with Gasteiger partial charge in [0.2, 0.25) is 0 Å². The van der Waals surface area contributed by atoms with Gasteiger partial charge < -0.3 is 19.7 Å². The molecule has 0 atom stereocenters. The number of methoxy groups -OCH3 is 2. The van der Waals surface area contributed by atoms with Gasteiger partial charge in [-0.3, -0.25) is 9.79 Å². The maximum atomic E-state index is 11.7. The van der Waals surface area contributed by atoms with Gasteiger partial charge in [-0.2, -0.15) is 0 Å². The molecule has 1 heterocycles. The van der Waals surface area contributed by atoms with Crippen LogP contribution in [0, 0.1) is 5.92 Å². The molecule has 6 heteroatoms. The summed E-state index contributed by atoms with van der Waals surface area (Å²) in [5.41, 5.74) is 1.27. The molecule has 1 aliphatic heterocycles. The minimum absolute atomic E-state index is 0.0205. The number of hydrogen-bond donors (Lipinski definition) is 1. The van der Waals surface area contributed by atoms with Gasteiger partial charge in [-0.15, -0.1) is 0 Å². The van der Waals surface area contributed by atoms with Crippen LogP contribution in [0.2, 0.25) is 0 Å². The molecule has 0 unspecified atom stereocenters. The lowest BCUT2D eigenvalue weighted by Gasteiger charge is -2.33. The molecule has 0 aliphatic carbocycles. The third-order valence-electron chi connectivity index (χ3n) is 4.68. The maximum absolute atomic E-state index is 11.7. The van der Waals surface area contributed by atoms with E-state index in [0.717, 1.165) is 63.6 Å². The van der Waals surface area contributed by atoms with Gasteiger partial charge in [0.15, 0.2) is 5.96 Å². The molecule has 144 valence electrons. The first-order valence-corrected chi connectivity index (χ1v) is 9.42. The van der Waals surface area contributed by atoms with E-state index < -0.39 is 0 Å². The normalized spacial score (nSPS) is 15.7. The number of guanidine groups is 1. The van der Waals surface area contributed by atoms with Crippen molar-refractivity contribution in [1.29, 1.82) is 0 Å². The number of nitrogens with one attached hydrogen (secondary N) is 1. The zero-order chi connectivity index (χ0) is 18.8. The van der Waals surface area contributed by atoms with E-state index in [1.165, 1.54) is 12.7 Å². The van der Waals surface area contributed by atoms with Crippen LogP contribution in [0.15, 0.2) is 29.3 Å².